The molecule has 0 saturated carbocycles. The monoisotopic (exact) mass is 351 g/mol. The summed E-state index contributed by atoms with van der Waals surface area (Å²) in [6, 6.07) is 3.44. The number of nitrogens with zero attached hydrogens (tertiary/aromatic N) is 1. The molecule has 0 radical (unpaired) electrons. The highest BCUT2D eigenvalue weighted by molar-refractivity contribution is 9.10. The molecule has 0 fully saturated rings. The van der Waals surface area contributed by atoms with Crippen molar-refractivity contribution in [3.05, 3.63) is 33.4 Å². The van der Waals surface area contributed by atoms with Crippen molar-refractivity contribution in [1.82, 2.24) is 5.16 Å². The van der Waals surface area contributed by atoms with Gasteiger partial charge in [0.1, 0.15) is 5.75 Å². The number of carboxylic acids is 1. The Kier molecular flexibility index (Phi) is 3.71. The Labute approximate surface area is 130 Å². The molecule has 0 spiro atoms. The summed E-state index contributed by atoms with van der Waals surface area (Å²) >= 11 is 3.61. The summed E-state index contributed by atoms with van der Waals surface area (Å²) in [5, 5.41) is 12.5. The summed E-state index contributed by atoms with van der Waals surface area (Å²) in [5.74, 6) is -0.0527. The molecule has 21 heavy (non-hydrogen) atoms. The van der Waals surface area contributed by atoms with E-state index in [0.29, 0.717) is 11.5 Å². The van der Waals surface area contributed by atoms with Gasteiger partial charge in [-0.3, -0.25) is 0 Å². The lowest BCUT2D eigenvalue weighted by Crippen LogP contribution is -2.05. The van der Waals surface area contributed by atoms with Gasteiger partial charge in [-0.25, -0.2) is 4.79 Å². The van der Waals surface area contributed by atoms with E-state index >= 15 is 0 Å². The van der Waals surface area contributed by atoms with E-state index < -0.39 is 5.97 Å². The van der Waals surface area contributed by atoms with Gasteiger partial charge in [0, 0.05) is 6.07 Å². The number of carboxylic acid groups (broad SMARTS) is 1. The first kappa shape index (κ1) is 14.1. The van der Waals surface area contributed by atoms with Crippen LogP contribution in [0.4, 0.5) is 0 Å². The third-order valence-corrected chi connectivity index (χ3v) is 4.58. The molecule has 1 aliphatic rings. The van der Waals surface area contributed by atoms with E-state index in [1.807, 2.05) is 6.07 Å². The lowest BCUT2D eigenvalue weighted by atomic mass is 9.89. The van der Waals surface area contributed by atoms with Gasteiger partial charge in [-0.05, 0) is 58.8 Å². The molecule has 6 heteroatoms. The Bertz CT molecular complexity index is 708. The van der Waals surface area contributed by atoms with Crippen LogP contribution in [0.2, 0.25) is 0 Å². The number of hydrogen-bond acceptors (Lipinski definition) is 4. The summed E-state index contributed by atoms with van der Waals surface area (Å²) in [7, 11) is 1.59. The fraction of sp³-hybridized carbons (Fsp3) is 0.333. The van der Waals surface area contributed by atoms with Crippen molar-refractivity contribution >= 4 is 21.9 Å². The molecule has 0 atom stereocenters. The Balaban J connectivity index is 2.16. The minimum atomic E-state index is -1.11. The molecule has 1 N–H and O–H groups in total. The van der Waals surface area contributed by atoms with Crippen LogP contribution in [0.1, 0.15) is 34.5 Å². The van der Waals surface area contributed by atoms with Crippen molar-refractivity contribution in [1.29, 1.82) is 0 Å². The molecule has 2 aromatic rings. The number of aromatic carboxylic acids is 1. The second kappa shape index (κ2) is 5.52. The fourth-order valence-corrected chi connectivity index (χ4v) is 3.55. The van der Waals surface area contributed by atoms with Crippen molar-refractivity contribution in [3.63, 3.8) is 0 Å². The Morgan fingerprint density at radius 1 is 1.38 bits per heavy atom. The van der Waals surface area contributed by atoms with Crippen molar-refractivity contribution in [2.24, 2.45) is 0 Å². The van der Waals surface area contributed by atoms with Gasteiger partial charge in [0.25, 0.3) is 0 Å². The van der Waals surface area contributed by atoms with E-state index in [4.69, 9.17) is 14.4 Å². The maximum Gasteiger partial charge on any atom is 0.358 e. The number of benzene rings is 1. The molecule has 110 valence electrons. The van der Waals surface area contributed by atoms with Gasteiger partial charge in [0.05, 0.1) is 17.1 Å². The Morgan fingerprint density at radius 2 is 2.14 bits per heavy atom. The molecule has 0 saturated heterocycles. The first-order valence-electron chi connectivity index (χ1n) is 6.70. The van der Waals surface area contributed by atoms with Crippen LogP contribution < -0.4 is 4.74 Å². The van der Waals surface area contributed by atoms with E-state index in [1.54, 1.807) is 7.11 Å². The fourth-order valence-electron chi connectivity index (χ4n) is 2.72. The van der Waals surface area contributed by atoms with E-state index in [1.165, 1.54) is 23.6 Å². The number of ether oxygens (including phenoxy) is 1. The first-order valence-corrected chi connectivity index (χ1v) is 7.49. The number of methoxy groups -OCH3 is 1. The van der Waals surface area contributed by atoms with Crippen LogP contribution in [0.15, 0.2) is 21.1 Å². The third kappa shape index (κ3) is 2.44. The number of fused-ring (bicyclic) bond motifs is 1. The molecule has 0 unspecified atom stereocenters. The summed E-state index contributed by atoms with van der Waals surface area (Å²) in [6.07, 6.45) is 4.34. The lowest BCUT2D eigenvalue weighted by Gasteiger charge is -2.21. The molecule has 1 aromatic heterocycles. The molecule has 5 nitrogen and oxygen atoms in total. The van der Waals surface area contributed by atoms with E-state index in [2.05, 4.69) is 21.1 Å². The highest BCUT2D eigenvalue weighted by Crippen LogP contribution is 2.42. The maximum atomic E-state index is 10.9. The minimum absolute atomic E-state index is 0.110. The number of aromatic nitrogens is 1. The van der Waals surface area contributed by atoms with E-state index in [-0.39, 0.29) is 5.69 Å². The van der Waals surface area contributed by atoms with Crippen LogP contribution >= 0.6 is 15.9 Å². The molecule has 1 heterocycles. The van der Waals surface area contributed by atoms with E-state index in [9.17, 15) is 4.79 Å². The van der Waals surface area contributed by atoms with Crippen LogP contribution in [-0.2, 0) is 12.8 Å². The van der Waals surface area contributed by atoms with Crippen molar-refractivity contribution in [3.8, 4) is 17.1 Å². The number of rotatable bonds is 3. The molecule has 0 bridgehead atoms. The second-order valence-corrected chi connectivity index (χ2v) is 5.79. The second-order valence-electron chi connectivity index (χ2n) is 5.00. The molecule has 1 aromatic carbocycles. The molecule has 0 aliphatic heterocycles. The highest BCUT2D eigenvalue weighted by atomic mass is 79.9. The molecule has 0 amide bonds. The van der Waals surface area contributed by atoms with Crippen molar-refractivity contribution < 1.29 is 19.2 Å². The van der Waals surface area contributed by atoms with Gasteiger partial charge in [-0.1, -0.05) is 5.16 Å². The van der Waals surface area contributed by atoms with Gasteiger partial charge in [0.2, 0.25) is 0 Å². The summed E-state index contributed by atoms with van der Waals surface area (Å²) in [5.41, 5.74) is 3.13. The van der Waals surface area contributed by atoms with Gasteiger partial charge < -0.3 is 14.4 Å². The standard InChI is InChI=1S/C15H14BrNO4/c1-20-14-10(12-7-11(15(18)19)17-21-12)6-8-4-2-3-5-9(8)13(14)16/h6-7H,2-5H2,1H3,(H,18,19). The zero-order chi connectivity index (χ0) is 15.0. The smallest absolute Gasteiger partial charge is 0.358 e. The van der Waals surface area contributed by atoms with Crippen LogP contribution in [-0.4, -0.2) is 23.3 Å². The van der Waals surface area contributed by atoms with Crippen LogP contribution in [0.25, 0.3) is 11.3 Å². The summed E-state index contributed by atoms with van der Waals surface area (Å²) in [6.45, 7) is 0. The number of carbonyl (C=O) groups is 1. The first-order chi connectivity index (χ1) is 10.1. The minimum Gasteiger partial charge on any atom is -0.495 e. The zero-order valence-corrected chi connectivity index (χ0v) is 13.1. The summed E-state index contributed by atoms with van der Waals surface area (Å²) < 4.78 is 11.6. The Morgan fingerprint density at radius 3 is 2.81 bits per heavy atom. The highest BCUT2D eigenvalue weighted by Gasteiger charge is 2.23. The van der Waals surface area contributed by atoms with Gasteiger partial charge in [0.15, 0.2) is 11.5 Å². The lowest BCUT2D eigenvalue weighted by molar-refractivity contribution is 0.0686. The topological polar surface area (TPSA) is 72.6 Å². The van der Waals surface area contributed by atoms with E-state index in [0.717, 1.165) is 29.3 Å². The third-order valence-electron chi connectivity index (χ3n) is 3.74. The summed E-state index contributed by atoms with van der Waals surface area (Å²) in [4.78, 5) is 10.9. The molecule has 3 rings (SSSR count). The Hall–Kier alpha value is -1.82. The van der Waals surface area contributed by atoms with Gasteiger partial charge >= 0.3 is 5.97 Å². The average molecular weight is 352 g/mol. The largest absolute Gasteiger partial charge is 0.495 e. The normalized spacial score (nSPS) is 13.8. The number of hydrogen-bond donors (Lipinski definition) is 1. The van der Waals surface area contributed by atoms with Crippen LogP contribution in [0, 0.1) is 0 Å². The molecule has 1 aliphatic carbocycles. The molecular weight excluding hydrogens is 338 g/mol. The quantitative estimate of drug-likeness (QED) is 0.912. The van der Waals surface area contributed by atoms with Gasteiger partial charge in [-0.15, -0.1) is 0 Å². The van der Waals surface area contributed by atoms with Crippen LogP contribution in [0.5, 0.6) is 5.75 Å². The SMILES string of the molecule is COc1c(-c2cc(C(=O)O)no2)cc2c(c1Br)CCCC2. The van der Waals surface area contributed by atoms with Crippen molar-refractivity contribution in [2.45, 2.75) is 25.7 Å². The number of aryl methyl sites for hydroxylation is 1. The molecular formula is C15H14BrNO4. The predicted molar refractivity (Wildman–Crippen MR) is 79.8 cm³/mol. The van der Waals surface area contributed by atoms with Crippen LogP contribution in [0.3, 0.4) is 0 Å². The van der Waals surface area contributed by atoms with Gasteiger partial charge in [-0.2, -0.15) is 0 Å². The maximum absolute atomic E-state index is 10.9. The van der Waals surface area contributed by atoms with Crippen molar-refractivity contribution in [2.75, 3.05) is 7.11 Å². The zero-order valence-electron chi connectivity index (χ0n) is 11.5. The number of halogens is 1. The predicted octanol–water partition coefficient (Wildman–Crippen LogP) is 3.69. The average Bonchev–Trinajstić information content (AvgIpc) is 2.97.